The van der Waals surface area contributed by atoms with Crippen LogP contribution in [0.25, 0.3) is 5.65 Å². The molecule has 0 aliphatic heterocycles. The summed E-state index contributed by atoms with van der Waals surface area (Å²) in [5, 5.41) is 5.89. The van der Waals surface area contributed by atoms with E-state index in [9.17, 15) is 9.59 Å². The number of hydrogen-bond acceptors (Lipinski definition) is 3. The minimum absolute atomic E-state index is 0.0670. The molecule has 3 rings (SSSR count). The van der Waals surface area contributed by atoms with Crippen LogP contribution in [0.2, 0.25) is 10.0 Å². The average molecular weight is 391 g/mol. The summed E-state index contributed by atoms with van der Waals surface area (Å²) in [7, 11) is 0. The van der Waals surface area contributed by atoms with Crippen LogP contribution >= 0.6 is 23.2 Å². The van der Waals surface area contributed by atoms with Gasteiger partial charge in [-0.05, 0) is 38.1 Å². The second kappa shape index (κ2) is 7.35. The number of nitrogens with one attached hydrogen (secondary N) is 2. The molecule has 3 aromatic rings. The van der Waals surface area contributed by atoms with Crippen LogP contribution in [0.3, 0.4) is 0 Å². The molecule has 134 valence electrons. The summed E-state index contributed by atoms with van der Waals surface area (Å²) in [6.07, 6.45) is 1.71. The number of fused-ring (bicyclic) bond motifs is 1. The Morgan fingerprint density at radius 1 is 1.08 bits per heavy atom. The van der Waals surface area contributed by atoms with Gasteiger partial charge >= 0.3 is 0 Å². The maximum atomic E-state index is 12.6. The molecule has 0 aliphatic rings. The van der Waals surface area contributed by atoms with Gasteiger partial charge in [0.15, 0.2) is 11.5 Å². The highest BCUT2D eigenvalue weighted by atomic mass is 35.5. The number of imidazole rings is 1. The van der Waals surface area contributed by atoms with Crippen molar-refractivity contribution >= 4 is 46.5 Å². The Morgan fingerprint density at radius 3 is 2.58 bits per heavy atom. The van der Waals surface area contributed by atoms with Crippen LogP contribution in [-0.4, -0.2) is 27.2 Å². The SMILES string of the molecule is CC(C)NC(=O)c1c(NC(=O)c2cccc(Cl)c2Cl)nc2ccccn12. The summed E-state index contributed by atoms with van der Waals surface area (Å²) in [6, 6.07) is 10.0. The Labute approximate surface area is 160 Å². The van der Waals surface area contributed by atoms with Crippen molar-refractivity contribution in [1.29, 1.82) is 0 Å². The van der Waals surface area contributed by atoms with Gasteiger partial charge in [0.1, 0.15) is 5.65 Å². The number of halogens is 2. The summed E-state index contributed by atoms with van der Waals surface area (Å²) >= 11 is 12.1. The molecule has 0 fully saturated rings. The standard InChI is InChI=1S/C18H16Cl2N4O2/c1-10(2)21-18(26)15-16(22-13-8-3-4-9-24(13)15)23-17(25)11-6-5-7-12(19)14(11)20/h3-10H,1-2H3,(H,21,26)(H,23,25). The van der Waals surface area contributed by atoms with Crippen molar-refractivity contribution in [3.05, 3.63) is 63.9 Å². The quantitative estimate of drug-likeness (QED) is 0.705. The van der Waals surface area contributed by atoms with Crippen LogP contribution in [0, 0.1) is 0 Å². The van der Waals surface area contributed by atoms with E-state index in [2.05, 4.69) is 15.6 Å². The molecule has 0 unspecified atom stereocenters. The zero-order chi connectivity index (χ0) is 18.8. The predicted molar refractivity (Wildman–Crippen MR) is 102 cm³/mol. The number of nitrogens with zero attached hydrogens (tertiary/aromatic N) is 2. The third-order valence-corrected chi connectivity index (χ3v) is 4.41. The Balaban J connectivity index is 2.03. The number of rotatable bonds is 4. The van der Waals surface area contributed by atoms with Gasteiger partial charge < -0.3 is 10.6 Å². The van der Waals surface area contributed by atoms with Crippen molar-refractivity contribution in [2.75, 3.05) is 5.32 Å². The number of amides is 2. The number of pyridine rings is 1. The molecule has 0 bridgehead atoms. The molecule has 1 aromatic carbocycles. The van der Waals surface area contributed by atoms with Gasteiger partial charge in [-0.2, -0.15) is 0 Å². The summed E-state index contributed by atoms with van der Waals surface area (Å²) in [6.45, 7) is 3.70. The second-order valence-electron chi connectivity index (χ2n) is 5.92. The van der Waals surface area contributed by atoms with Crippen molar-refractivity contribution in [2.45, 2.75) is 19.9 Å². The van der Waals surface area contributed by atoms with Gasteiger partial charge in [0.2, 0.25) is 0 Å². The molecule has 2 heterocycles. The largest absolute Gasteiger partial charge is 0.348 e. The van der Waals surface area contributed by atoms with Crippen molar-refractivity contribution in [3.8, 4) is 0 Å². The molecule has 2 N–H and O–H groups in total. The molecule has 8 heteroatoms. The fourth-order valence-electron chi connectivity index (χ4n) is 2.48. The molecular weight excluding hydrogens is 375 g/mol. The lowest BCUT2D eigenvalue weighted by atomic mass is 10.2. The van der Waals surface area contributed by atoms with Crippen LogP contribution in [0.5, 0.6) is 0 Å². The third kappa shape index (κ3) is 3.52. The molecule has 0 saturated carbocycles. The topological polar surface area (TPSA) is 75.5 Å². The van der Waals surface area contributed by atoms with Crippen LogP contribution in [0.4, 0.5) is 5.82 Å². The zero-order valence-electron chi connectivity index (χ0n) is 14.1. The molecule has 0 spiro atoms. The highest BCUT2D eigenvalue weighted by Crippen LogP contribution is 2.27. The number of benzene rings is 1. The summed E-state index contributed by atoms with van der Waals surface area (Å²) in [5.74, 6) is -0.693. The lowest BCUT2D eigenvalue weighted by Crippen LogP contribution is -2.32. The molecule has 2 aromatic heterocycles. The van der Waals surface area contributed by atoms with Crippen molar-refractivity contribution < 1.29 is 9.59 Å². The number of aromatic nitrogens is 2. The van der Waals surface area contributed by atoms with Gasteiger partial charge in [-0.15, -0.1) is 0 Å². The average Bonchev–Trinajstić information content (AvgIpc) is 2.94. The number of hydrogen-bond donors (Lipinski definition) is 2. The number of carbonyl (C=O) groups is 2. The van der Waals surface area contributed by atoms with E-state index < -0.39 is 5.91 Å². The van der Waals surface area contributed by atoms with Gasteiger partial charge in [0.25, 0.3) is 11.8 Å². The van der Waals surface area contributed by atoms with E-state index in [1.165, 1.54) is 0 Å². The monoisotopic (exact) mass is 390 g/mol. The van der Waals surface area contributed by atoms with E-state index in [-0.39, 0.29) is 39.1 Å². The molecule has 6 nitrogen and oxygen atoms in total. The lowest BCUT2D eigenvalue weighted by molar-refractivity contribution is 0.0938. The molecule has 0 aliphatic carbocycles. The van der Waals surface area contributed by atoms with E-state index >= 15 is 0 Å². The first kappa shape index (κ1) is 18.2. The molecule has 2 amide bonds. The highest BCUT2D eigenvalue weighted by molar-refractivity contribution is 6.44. The van der Waals surface area contributed by atoms with E-state index in [0.717, 1.165) is 0 Å². The van der Waals surface area contributed by atoms with Crippen molar-refractivity contribution in [3.63, 3.8) is 0 Å². The van der Waals surface area contributed by atoms with Crippen LogP contribution in [0.15, 0.2) is 42.6 Å². The number of anilines is 1. The molecule has 26 heavy (non-hydrogen) atoms. The van der Waals surface area contributed by atoms with E-state index in [4.69, 9.17) is 23.2 Å². The fourth-order valence-corrected chi connectivity index (χ4v) is 2.87. The minimum Gasteiger partial charge on any atom is -0.348 e. The second-order valence-corrected chi connectivity index (χ2v) is 6.71. The van der Waals surface area contributed by atoms with Gasteiger partial charge in [0.05, 0.1) is 15.6 Å². The van der Waals surface area contributed by atoms with Crippen LogP contribution in [0.1, 0.15) is 34.7 Å². The Bertz CT molecular complexity index is 998. The van der Waals surface area contributed by atoms with Crippen molar-refractivity contribution in [2.24, 2.45) is 0 Å². The normalized spacial score (nSPS) is 11.0. The first-order valence-electron chi connectivity index (χ1n) is 7.91. The van der Waals surface area contributed by atoms with Gasteiger partial charge in [-0.1, -0.05) is 35.3 Å². The zero-order valence-corrected chi connectivity index (χ0v) is 15.6. The summed E-state index contributed by atoms with van der Waals surface area (Å²) in [5.41, 5.74) is 0.973. The first-order valence-corrected chi connectivity index (χ1v) is 8.67. The first-order chi connectivity index (χ1) is 12.4. The third-order valence-electron chi connectivity index (χ3n) is 3.59. The Morgan fingerprint density at radius 2 is 1.85 bits per heavy atom. The Hall–Kier alpha value is -2.57. The minimum atomic E-state index is -0.500. The van der Waals surface area contributed by atoms with E-state index in [1.54, 1.807) is 47.0 Å². The lowest BCUT2D eigenvalue weighted by Gasteiger charge is -2.10. The smallest absolute Gasteiger partial charge is 0.272 e. The molecule has 0 saturated heterocycles. The van der Waals surface area contributed by atoms with E-state index in [0.29, 0.717) is 5.65 Å². The summed E-state index contributed by atoms with van der Waals surface area (Å²) in [4.78, 5) is 29.6. The van der Waals surface area contributed by atoms with Crippen LogP contribution < -0.4 is 10.6 Å². The van der Waals surface area contributed by atoms with Crippen molar-refractivity contribution in [1.82, 2.24) is 14.7 Å². The van der Waals surface area contributed by atoms with Gasteiger partial charge in [-0.25, -0.2) is 4.98 Å². The Kier molecular flexibility index (Phi) is 5.15. The fraction of sp³-hybridized carbons (Fsp3) is 0.167. The molecular formula is C18H16Cl2N4O2. The van der Waals surface area contributed by atoms with Crippen LogP contribution in [-0.2, 0) is 0 Å². The molecule has 0 radical (unpaired) electrons. The summed E-state index contributed by atoms with van der Waals surface area (Å²) < 4.78 is 1.62. The molecule has 0 atom stereocenters. The van der Waals surface area contributed by atoms with Gasteiger partial charge in [0, 0.05) is 12.2 Å². The predicted octanol–water partition coefficient (Wildman–Crippen LogP) is 4.03. The van der Waals surface area contributed by atoms with Gasteiger partial charge in [-0.3, -0.25) is 14.0 Å². The highest BCUT2D eigenvalue weighted by Gasteiger charge is 2.22. The maximum Gasteiger partial charge on any atom is 0.272 e. The maximum absolute atomic E-state index is 12.6. The number of carbonyl (C=O) groups excluding carboxylic acids is 2. The van der Waals surface area contributed by atoms with E-state index in [1.807, 2.05) is 13.8 Å².